The van der Waals surface area contributed by atoms with Gasteiger partial charge in [0.1, 0.15) is 12.1 Å². The van der Waals surface area contributed by atoms with Crippen LogP contribution in [0.5, 0.6) is 0 Å². The van der Waals surface area contributed by atoms with E-state index in [4.69, 9.17) is 0 Å². The summed E-state index contributed by atoms with van der Waals surface area (Å²) in [6.45, 7) is 1.80. The summed E-state index contributed by atoms with van der Waals surface area (Å²) in [5.41, 5.74) is 1.44. The molecule has 0 atom stereocenters. The summed E-state index contributed by atoms with van der Waals surface area (Å²) in [5, 5.41) is 0. The first-order chi connectivity index (χ1) is 6.22. The average molecular weight is 176 g/mol. The Hall–Kier alpha value is -1.62. The van der Waals surface area contributed by atoms with Crippen LogP contribution in [0, 0.1) is 24.6 Å². The van der Waals surface area contributed by atoms with Crippen LogP contribution in [0.1, 0.15) is 17.5 Å². The Kier molecular flexibility index (Phi) is 3.22. The summed E-state index contributed by atoms with van der Waals surface area (Å²) >= 11 is 0. The van der Waals surface area contributed by atoms with E-state index in [2.05, 4.69) is 11.8 Å². The van der Waals surface area contributed by atoms with E-state index < -0.39 is 0 Å². The van der Waals surface area contributed by atoms with Crippen LogP contribution in [0.25, 0.3) is 0 Å². The SMILES string of the molecule is Cc1cc(F)cc(C#CCC=O)c1. The molecule has 1 rings (SSSR count). The summed E-state index contributed by atoms with van der Waals surface area (Å²) in [6, 6.07) is 4.57. The van der Waals surface area contributed by atoms with Crippen LogP contribution >= 0.6 is 0 Å². The smallest absolute Gasteiger partial charge is 0.131 e. The van der Waals surface area contributed by atoms with Gasteiger partial charge in [0.15, 0.2) is 0 Å². The van der Waals surface area contributed by atoms with Gasteiger partial charge in [-0.2, -0.15) is 0 Å². The van der Waals surface area contributed by atoms with Gasteiger partial charge in [0.25, 0.3) is 0 Å². The molecule has 0 radical (unpaired) electrons. The number of carbonyl (C=O) groups is 1. The lowest BCUT2D eigenvalue weighted by atomic mass is 10.1. The zero-order chi connectivity index (χ0) is 9.68. The van der Waals surface area contributed by atoms with E-state index in [1.807, 2.05) is 0 Å². The van der Waals surface area contributed by atoms with Crippen LogP contribution in [-0.2, 0) is 4.79 Å². The first-order valence-electron chi connectivity index (χ1n) is 3.92. The molecule has 0 fully saturated rings. The Labute approximate surface area is 76.6 Å². The monoisotopic (exact) mass is 176 g/mol. The molecule has 0 bridgehead atoms. The minimum atomic E-state index is -0.296. The summed E-state index contributed by atoms with van der Waals surface area (Å²) < 4.78 is 12.8. The molecule has 0 aliphatic heterocycles. The van der Waals surface area contributed by atoms with E-state index in [1.54, 1.807) is 13.0 Å². The number of benzene rings is 1. The van der Waals surface area contributed by atoms with Crippen molar-refractivity contribution in [1.29, 1.82) is 0 Å². The van der Waals surface area contributed by atoms with Crippen molar-refractivity contribution in [2.24, 2.45) is 0 Å². The molecule has 66 valence electrons. The minimum absolute atomic E-state index is 0.190. The van der Waals surface area contributed by atoms with Crippen molar-refractivity contribution in [3.05, 3.63) is 35.1 Å². The van der Waals surface area contributed by atoms with Gasteiger partial charge in [-0.05, 0) is 30.7 Å². The predicted octanol–water partition coefficient (Wildman–Crippen LogP) is 2.07. The molecule has 0 aromatic heterocycles. The Morgan fingerprint density at radius 2 is 2.23 bits per heavy atom. The Balaban J connectivity index is 2.90. The van der Waals surface area contributed by atoms with Crippen molar-refractivity contribution >= 4 is 6.29 Å². The predicted molar refractivity (Wildman–Crippen MR) is 48.7 cm³/mol. The second kappa shape index (κ2) is 4.42. The van der Waals surface area contributed by atoms with Crippen molar-refractivity contribution < 1.29 is 9.18 Å². The molecule has 0 unspecified atom stereocenters. The van der Waals surface area contributed by atoms with Gasteiger partial charge in [0, 0.05) is 5.56 Å². The second-order valence-electron chi connectivity index (χ2n) is 2.69. The van der Waals surface area contributed by atoms with Gasteiger partial charge in [0.05, 0.1) is 6.42 Å². The summed E-state index contributed by atoms with van der Waals surface area (Å²) in [7, 11) is 0. The lowest BCUT2D eigenvalue weighted by Crippen LogP contribution is -1.81. The zero-order valence-corrected chi connectivity index (χ0v) is 7.30. The number of aldehydes is 1. The first kappa shape index (κ1) is 9.47. The highest BCUT2D eigenvalue weighted by Crippen LogP contribution is 2.06. The van der Waals surface area contributed by atoms with Gasteiger partial charge < -0.3 is 4.79 Å². The van der Waals surface area contributed by atoms with Gasteiger partial charge in [-0.25, -0.2) is 4.39 Å². The number of aryl methyl sites for hydroxylation is 1. The lowest BCUT2D eigenvalue weighted by Gasteiger charge is -1.94. The molecule has 0 amide bonds. The van der Waals surface area contributed by atoms with Gasteiger partial charge in [-0.3, -0.25) is 0 Å². The molecule has 0 aliphatic carbocycles. The molecule has 0 aliphatic rings. The van der Waals surface area contributed by atoms with E-state index in [9.17, 15) is 9.18 Å². The lowest BCUT2D eigenvalue weighted by molar-refractivity contribution is -0.107. The fourth-order valence-corrected chi connectivity index (χ4v) is 1.00. The quantitative estimate of drug-likeness (QED) is 0.473. The topological polar surface area (TPSA) is 17.1 Å². The van der Waals surface area contributed by atoms with Crippen LogP contribution in [0.15, 0.2) is 18.2 Å². The molecular formula is C11H9FO. The summed E-state index contributed by atoms with van der Waals surface area (Å²) in [4.78, 5) is 9.95. The third-order valence-corrected chi connectivity index (χ3v) is 1.46. The van der Waals surface area contributed by atoms with Gasteiger partial charge in [-0.1, -0.05) is 11.8 Å². The highest BCUT2D eigenvalue weighted by Gasteiger charge is 1.93. The third kappa shape index (κ3) is 3.08. The van der Waals surface area contributed by atoms with E-state index in [1.165, 1.54) is 12.1 Å². The fourth-order valence-electron chi connectivity index (χ4n) is 1.00. The maximum atomic E-state index is 12.8. The molecule has 1 aromatic carbocycles. The van der Waals surface area contributed by atoms with Crippen LogP contribution in [0.3, 0.4) is 0 Å². The molecule has 0 saturated carbocycles. The van der Waals surface area contributed by atoms with Crippen molar-refractivity contribution in [3.63, 3.8) is 0 Å². The van der Waals surface area contributed by atoms with Crippen LogP contribution < -0.4 is 0 Å². The average Bonchev–Trinajstić information content (AvgIpc) is 2.03. The number of carbonyl (C=O) groups excluding carboxylic acids is 1. The standard InChI is InChI=1S/C11H9FO/c1-9-6-10(4-2-3-5-13)8-11(12)7-9/h5-8H,3H2,1H3. The van der Waals surface area contributed by atoms with Gasteiger partial charge in [-0.15, -0.1) is 0 Å². The van der Waals surface area contributed by atoms with Gasteiger partial charge >= 0.3 is 0 Å². The fraction of sp³-hybridized carbons (Fsp3) is 0.182. The molecule has 0 saturated heterocycles. The number of halogens is 1. The zero-order valence-electron chi connectivity index (χ0n) is 7.30. The van der Waals surface area contributed by atoms with E-state index in [0.717, 1.165) is 11.8 Å². The Morgan fingerprint density at radius 3 is 2.85 bits per heavy atom. The van der Waals surface area contributed by atoms with Crippen molar-refractivity contribution in [1.82, 2.24) is 0 Å². The maximum absolute atomic E-state index is 12.8. The van der Waals surface area contributed by atoms with Gasteiger partial charge in [0.2, 0.25) is 0 Å². The van der Waals surface area contributed by atoms with Crippen LogP contribution in [0.4, 0.5) is 4.39 Å². The third-order valence-electron chi connectivity index (χ3n) is 1.46. The van der Waals surface area contributed by atoms with Crippen LogP contribution in [-0.4, -0.2) is 6.29 Å². The van der Waals surface area contributed by atoms with Crippen molar-refractivity contribution in [2.45, 2.75) is 13.3 Å². The second-order valence-corrected chi connectivity index (χ2v) is 2.69. The molecule has 2 heteroatoms. The largest absolute Gasteiger partial charge is 0.302 e. The minimum Gasteiger partial charge on any atom is -0.302 e. The molecule has 13 heavy (non-hydrogen) atoms. The molecule has 1 nitrogen and oxygen atoms in total. The molecule has 0 spiro atoms. The number of rotatable bonds is 1. The molecular weight excluding hydrogens is 167 g/mol. The molecule has 0 heterocycles. The highest BCUT2D eigenvalue weighted by molar-refractivity contribution is 5.55. The van der Waals surface area contributed by atoms with Crippen molar-refractivity contribution in [3.8, 4) is 11.8 Å². The van der Waals surface area contributed by atoms with E-state index in [-0.39, 0.29) is 12.2 Å². The Bertz CT molecular complexity index is 351. The number of hydrogen-bond donors (Lipinski definition) is 0. The maximum Gasteiger partial charge on any atom is 0.131 e. The summed E-state index contributed by atoms with van der Waals surface area (Å²) in [5.74, 6) is 5.03. The van der Waals surface area contributed by atoms with Crippen molar-refractivity contribution in [2.75, 3.05) is 0 Å². The highest BCUT2D eigenvalue weighted by atomic mass is 19.1. The van der Waals surface area contributed by atoms with E-state index >= 15 is 0 Å². The van der Waals surface area contributed by atoms with Crippen LogP contribution in [0.2, 0.25) is 0 Å². The normalized spacial score (nSPS) is 8.77. The molecule has 1 aromatic rings. The first-order valence-corrected chi connectivity index (χ1v) is 3.92. The Morgan fingerprint density at radius 1 is 1.46 bits per heavy atom. The van der Waals surface area contributed by atoms with E-state index in [0.29, 0.717) is 5.56 Å². The summed E-state index contributed by atoms with van der Waals surface area (Å²) in [6.07, 6.45) is 0.911. The number of hydrogen-bond acceptors (Lipinski definition) is 1. The molecule has 0 N–H and O–H groups in total.